The number of benzene rings is 1. The summed E-state index contributed by atoms with van der Waals surface area (Å²) < 4.78 is 40.9. The van der Waals surface area contributed by atoms with Crippen molar-refractivity contribution in [1.82, 2.24) is 0 Å². The van der Waals surface area contributed by atoms with Gasteiger partial charge in [-0.2, -0.15) is 13.2 Å². The highest BCUT2D eigenvalue weighted by atomic mass is 79.9. The lowest BCUT2D eigenvalue weighted by Gasteiger charge is -2.09. The Kier molecular flexibility index (Phi) is 4.35. The average molecular weight is 297 g/mol. The molecule has 0 heterocycles. The van der Waals surface area contributed by atoms with Gasteiger partial charge in [0.25, 0.3) is 0 Å². The Hall–Kier alpha value is -1.04. The first-order chi connectivity index (χ1) is 7.42. The number of rotatable bonds is 4. The van der Waals surface area contributed by atoms with Crippen molar-refractivity contribution in [3.63, 3.8) is 0 Å². The molecule has 88 valence electrons. The number of ether oxygens (including phenoxy) is 1. The van der Waals surface area contributed by atoms with Crippen LogP contribution >= 0.6 is 15.9 Å². The third-order valence-corrected chi connectivity index (χ3v) is 2.47. The van der Waals surface area contributed by atoms with Crippen molar-refractivity contribution in [3.8, 4) is 5.75 Å². The van der Waals surface area contributed by atoms with Crippen molar-refractivity contribution < 1.29 is 22.7 Å². The summed E-state index contributed by atoms with van der Waals surface area (Å²) in [5.74, 6) is 0.245. The Morgan fingerprint density at radius 1 is 1.38 bits per heavy atom. The molecule has 0 saturated carbocycles. The number of halogens is 4. The van der Waals surface area contributed by atoms with Crippen LogP contribution in [0.4, 0.5) is 13.2 Å². The van der Waals surface area contributed by atoms with Gasteiger partial charge in [-0.15, -0.1) is 0 Å². The molecule has 1 aromatic rings. The second kappa shape index (κ2) is 5.34. The monoisotopic (exact) mass is 296 g/mol. The van der Waals surface area contributed by atoms with E-state index < -0.39 is 19.2 Å². The molecule has 6 heteroatoms. The average Bonchev–Trinajstić information content (AvgIpc) is 2.18. The number of hydrogen-bond acceptors (Lipinski definition) is 2. The Labute approximate surface area is 98.5 Å². The van der Waals surface area contributed by atoms with E-state index in [0.717, 1.165) is 0 Å². The Balaban J connectivity index is 2.58. The lowest BCUT2D eigenvalue weighted by molar-refractivity contribution is -0.139. The number of hydrogen-bond donors (Lipinski definition) is 0. The molecule has 0 amide bonds. The van der Waals surface area contributed by atoms with Crippen LogP contribution in [0.2, 0.25) is 0 Å². The summed E-state index contributed by atoms with van der Waals surface area (Å²) in [5, 5.41) is 0. The van der Waals surface area contributed by atoms with Crippen LogP contribution < -0.4 is 4.74 Å². The summed E-state index contributed by atoms with van der Waals surface area (Å²) in [4.78, 5) is 10.5. The fourth-order valence-corrected chi connectivity index (χ4v) is 1.33. The molecule has 0 aliphatic carbocycles. The molecule has 0 aromatic heterocycles. The molecule has 0 atom stereocenters. The van der Waals surface area contributed by atoms with E-state index in [2.05, 4.69) is 15.9 Å². The number of aldehydes is 1. The van der Waals surface area contributed by atoms with Gasteiger partial charge in [-0.25, -0.2) is 0 Å². The summed E-state index contributed by atoms with van der Waals surface area (Å²) in [5.41, 5.74) is 0.338. The van der Waals surface area contributed by atoms with Crippen molar-refractivity contribution in [2.24, 2.45) is 0 Å². The molecule has 0 saturated heterocycles. The first kappa shape index (κ1) is 13.0. The van der Waals surface area contributed by atoms with Crippen molar-refractivity contribution in [2.45, 2.75) is 12.6 Å². The minimum absolute atomic E-state index is 0.245. The summed E-state index contributed by atoms with van der Waals surface area (Å²) in [7, 11) is 0. The second-order valence-corrected chi connectivity index (χ2v) is 3.87. The van der Waals surface area contributed by atoms with Crippen LogP contribution in [0.3, 0.4) is 0 Å². The van der Waals surface area contributed by atoms with E-state index in [1.807, 2.05) is 0 Å². The molecule has 0 spiro atoms. The van der Waals surface area contributed by atoms with E-state index in [1.165, 1.54) is 12.1 Å². The number of carbonyl (C=O) groups excluding carboxylic acids is 1. The largest absolute Gasteiger partial charge is 0.493 e. The SMILES string of the molecule is O=Cc1cc(OCCC(F)(F)F)ccc1Br. The van der Waals surface area contributed by atoms with Gasteiger partial charge in [0.05, 0.1) is 13.0 Å². The van der Waals surface area contributed by atoms with Crippen LogP contribution in [0.15, 0.2) is 22.7 Å². The van der Waals surface area contributed by atoms with Crippen LogP contribution in [0.25, 0.3) is 0 Å². The van der Waals surface area contributed by atoms with Crippen molar-refractivity contribution >= 4 is 22.2 Å². The first-order valence-corrected chi connectivity index (χ1v) is 5.16. The molecule has 16 heavy (non-hydrogen) atoms. The van der Waals surface area contributed by atoms with Gasteiger partial charge in [0, 0.05) is 10.0 Å². The fraction of sp³-hybridized carbons (Fsp3) is 0.300. The quantitative estimate of drug-likeness (QED) is 0.794. The van der Waals surface area contributed by atoms with Gasteiger partial charge in [-0.05, 0) is 18.2 Å². The lowest BCUT2D eigenvalue weighted by atomic mass is 10.2. The maximum Gasteiger partial charge on any atom is 0.392 e. The van der Waals surface area contributed by atoms with Gasteiger partial charge >= 0.3 is 6.18 Å². The van der Waals surface area contributed by atoms with Crippen LogP contribution in [0.1, 0.15) is 16.8 Å². The van der Waals surface area contributed by atoms with Crippen molar-refractivity contribution in [2.75, 3.05) is 6.61 Å². The summed E-state index contributed by atoms with van der Waals surface area (Å²) >= 11 is 3.12. The number of alkyl halides is 3. The molecular formula is C10H8BrF3O2. The van der Waals surface area contributed by atoms with Gasteiger partial charge in [0.15, 0.2) is 6.29 Å². The molecule has 0 fully saturated rings. The third kappa shape index (κ3) is 4.22. The zero-order valence-electron chi connectivity index (χ0n) is 8.05. The molecule has 0 radical (unpaired) electrons. The molecule has 1 rings (SSSR count). The maximum absolute atomic E-state index is 11.8. The maximum atomic E-state index is 11.8. The van der Waals surface area contributed by atoms with E-state index >= 15 is 0 Å². The normalized spacial score (nSPS) is 11.2. The number of carbonyl (C=O) groups is 1. The molecule has 0 aliphatic heterocycles. The Bertz CT molecular complexity index is 377. The Morgan fingerprint density at radius 3 is 2.62 bits per heavy atom. The predicted octanol–water partition coefficient (Wildman–Crippen LogP) is 3.59. The highest BCUT2D eigenvalue weighted by Crippen LogP contribution is 2.23. The van der Waals surface area contributed by atoms with Crippen molar-refractivity contribution in [1.29, 1.82) is 0 Å². The van der Waals surface area contributed by atoms with Crippen molar-refractivity contribution in [3.05, 3.63) is 28.2 Å². The minimum Gasteiger partial charge on any atom is -0.493 e. The van der Waals surface area contributed by atoms with Gasteiger partial charge in [-0.1, -0.05) is 15.9 Å². The van der Waals surface area contributed by atoms with Crippen LogP contribution in [0, 0.1) is 0 Å². The molecular weight excluding hydrogens is 289 g/mol. The smallest absolute Gasteiger partial charge is 0.392 e. The van der Waals surface area contributed by atoms with Crippen LogP contribution in [0.5, 0.6) is 5.75 Å². The van der Waals surface area contributed by atoms with E-state index in [9.17, 15) is 18.0 Å². The van der Waals surface area contributed by atoms with Crippen LogP contribution in [-0.4, -0.2) is 19.1 Å². The molecule has 0 bridgehead atoms. The van der Waals surface area contributed by atoms with Gasteiger partial charge in [0.1, 0.15) is 5.75 Å². The summed E-state index contributed by atoms with van der Waals surface area (Å²) in [6.07, 6.45) is -4.65. The predicted molar refractivity (Wildman–Crippen MR) is 55.7 cm³/mol. The zero-order valence-corrected chi connectivity index (χ0v) is 9.64. The van der Waals surface area contributed by atoms with Gasteiger partial charge in [0.2, 0.25) is 0 Å². The topological polar surface area (TPSA) is 26.3 Å². The molecule has 0 aliphatic rings. The molecule has 0 N–H and O–H groups in total. The fourth-order valence-electron chi connectivity index (χ4n) is 0.987. The minimum atomic E-state index is -4.23. The summed E-state index contributed by atoms with van der Waals surface area (Å²) in [6, 6.07) is 4.42. The summed E-state index contributed by atoms with van der Waals surface area (Å²) in [6.45, 7) is -0.455. The lowest BCUT2D eigenvalue weighted by Crippen LogP contribution is -2.13. The molecule has 2 nitrogen and oxygen atoms in total. The third-order valence-electron chi connectivity index (χ3n) is 1.75. The first-order valence-electron chi connectivity index (χ1n) is 4.36. The van der Waals surface area contributed by atoms with E-state index in [4.69, 9.17) is 4.74 Å². The highest BCUT2D eigenvalue weighted by molar-refractivity contribution is 9.10. The Morgan fingerprint density at radius 2 is 2.06 bits per heavy atom. The van der Waals surface area contributed by atoms with E-state index in [1.54, 1.807) is 6.07 Å². The molecule has 1 aromatic carbocycles. The zero-order chi connectivity index (χ0) is 12.2. The van der Waals surface area contributed by atoms with E-state index in [-0.39, 0.29) is 5.75 Å². The van der Waals surface area contributed by atoms with Crippen LogP contribution in [-0.2, 0) is 0 Å². The highest BCUT2D eigenvalue weighted by Gasteiger charge is 2.26. The van der Waals surface area contributed by atoms with Gasteiger partial charge < -0.3 is 4.74 Å². The molecule has 0 unspecified atom stereocenters. The van der Waals surface area contributed by atoms with E-state index in [0.29, 0.717) is 16.3 Å². The van der Waals surface area contributed by atoms with Gasteiger partial charge in [-0.3, -0.25) is 4.79 Å². The standard InChI is InChI=1S/C10H8BrF3O2/c11-9-2-1-8(5-7(9)6-15)16-4-3-10(12,13)14/h1-2,5-6H,3-4H2. The second-order valence-electron chi connectivity index (χ2n) is 3.01.